The van der Waals surface area contributed by atoms with Crippen LogP contribution in [0.2, 0.25) is 0 Å². The first-order chi connectivity index (χ1) is 9.11. The molecule has 1 aliphatic rings. The van der Waals surface area contributed by atoms with Crippen molar-refractivity contribution in [2.24, 2.45) is 5.92 Å². The van der Waals surface area contributed by atoms with Crippen molar-refractivity contribution in [3.63, 3.8) is 0 Å². The summed E-state index contributed by atoms with van der Waals surface area (Å²) in [4.78, 5) is 18.4. The lowest BCUT2D eigenvalue weighted by atomic mass is 9.84. The molecule has 1 aromatic rings. The van der Waals surface area contributed by atoms with Gasteiger partial charge in [0, 0.05) is 19.3 Å². The Bertz CT molecular complexity index is 424. The summed E-state index contributed by atoms with van der Waals surface area (Å²) in [7, 11) is 1.92. The minimum atomic E-state index is 0.0833. The number of carbonyl (C=O) groups excluding carboxylic acids is 1. The van der Waals surface area contributed by atoms with Crippen LogP contribution in [-0.2, 0) is 0 Å². The van der Waals surface area contributed by atoms with Gasteiger partial charge in [-0.1, -0.05) is 13.3 Å². The predicted octanol–water partition coefficient (Wildman–Crippen LogP) is 3.88. The molecule has 2 rings (SSSR count). The van der Waals surface area contributed by atoms with Gasteiger partial charge in [-0.2, -0.15) is 0 Å². The maximum absolute atomic E-state index is 12.4. The Labute approximate surface area is 123 Å². The highest BCUT2D eigenvalue weighted by molar-refractivity contribution is 9.10. The van der Waals surface area contributed by atoms with Crippen molar-refractivity contribution in [1.82, 2.24) is 9.88 Å². The van der Waals surface area contributed by atoms with E-state index in [1.165, 1.54) is 19.3 Å². The average molecular weight is 325 g/mol. The summed E-state index contributed by atoms with van der Waals surface area (Å²) in [6.07, 6.45) is 7.66. The number of nitrogens with zero attached hydrogens (tertiary/aromatic N) is 2. The van der Waals surface area contributed by atoms with Gasteiger partial charge in [-0.05, 0) is 59.7 Å². The van der Waals surface area contributed by atoms with E-state index in [0.29, 0.717) is 11.6 Å². The zero-order chi connectivity index (χ0) is 13.8. The largest absolute Gasteiger partial charge is 0.339 e. The van der Waals surface area contributed by atoms with Crippen molar-refractivity contribution in [2.45, 2.75) is 45.1 Å². The predicted molar refractivity (Wildman–Crippen MR) is 80.1 cm³/mol. The summed E-state index contributed by atoms with van der Waals surface area (Å²) in [5.41, 5.74) is 0.670. The van der Waals surface area contributed by atoms with Gasteiger partial charge in [0.25, 0.3) is 5.91 Å². The van der Waals surface area contributed by atoms with E-state index in [-0.39, 0.29) is 5.91 Å². The molecule has 0 aliphatic heterocycles. The quantitative estimate of drug-likeness (QED) is 0.790. The van der Waals surface area contributed by atoms with Crippen LogP contribution < -0.4 is 0 Å². The van der Waals surface area contributed by atoms with E-state index in [0.717, 1.165) is 23.4 Å². The molecular formula is C15H21BrN2O. The molecule has 19 heavy (non-hydrogen) atoms. The van der Waals surface area contributed by atoms with E-state index in [1.54, 1.807) is 6.20 Å². The number of carbonyl (C=O) groups is 1. The molecule has 0 unspecified atom stereocenters. The number of amides is 1. The molecule has 0 bridgehead atoms. The van der Waals surface area contributed by atoms with Crippen LogP contribution in [0.4, 0.5) is 0 Å². The second kappa shape index (κ2) is 6.51. The number of halogens is 1. The summed E-state index contributed by atoms with van der Waals surface area (Å²) in [5, 5.41) is 0. The van der Waals surface area contributed by atoms with E-state index in [2.05, 4.69) is 27.8 Å². The van der Waals surface area contributed by atoms with E-state index in [9.17, 15) is 4.79 Å². The Morgan fingerprint density at radius 3 is 2.58 bits per heavy atom. The Morgan fingerprint density at radius 2 is 2.05 bits per heavy atom. The molecule has 1 fully saturated rings. The van der Waals surface area contributed by atoms with Crippen LogP contribution in [0.3, 0.4) is 0 Å². The highest BCUT2D eigenvalue weighted by atomic mass is 79.9. The lowest BCUT2D eigenvalue weighted by molar-refractivity contribution is 0.0674. The normalized spacial score (nSPS) is 23.1. The van der Waals surface area contributed by atoms with E-state index < -0.39 is 0 Å². The molecule has 0 aromatic carbocycles. The maximum Gasteiger partial charge on any atom is 0.255 e. The molecule has 104 valence electrons. The van der Waals surface area contributed by atoms with Gasteiger partial charge in [-0.3, -0.25) is 4.79 Å². The minimum absolute atomic E-state index is 0.0833. The van der Waals surface area contributed by atoms with Gasteiger partial charge in [0.2, 0.25) is 0 Å². The SMILES string of the molecule is CCC1CCC(N(C)C(=O)c2ccc(Br)nc2)CC1. The smallest absolute Gasteiger partial charge is 0.255 e. The van der Waals surface area contributed by atoms with Crippen molar-refractivity contribution >= 4 is 21.8 Å². The standard InChI is InChI=1S/C15H21BrN2O/c1-3-11-4-7-13(8-5-11)18(2)15(19)12-6-9-14(16)17-10-12/h6,9-11,13H,3-5,7-8H2,1-2H3. The summed E-state index contributed by atoms with van der Waals surface area (Å²) in [6, 6.07) is 4.03. The summed E-state index contributed by atoms with van der Waals surface area (Å²) in [5.74, 6) is 0.939. The van der Waals surface area contributed by atoms with Crippen LogP contribution in [0.5, 0.6) is 0 Å². The molecule has 1 aromatic heterocycles. The van der Waals surface area contributed by atoms with Crippen molar-refractivity contribution < 1.29 is 4.79 Å². The summed E-state index contributed by atoms with van der Waals surface area (Å²) < 4.78 is 0.759. The number of pyridine rings is 1. The molecular weight excluding hydrogens is 304 g/mol. The van der Waals surface area contributed by atoms with Crippen LogP contribution in [-0.4, -0.2) is 28.9 Å². The first-order valence-corrected chi connectivity index (χ1v) is 7.79. The third kappa shape index (κ3) is 3.56. The molecule has 0 radical (unpaired) electrons. The number of aromatic nitrogens is 1. The Morgan fingerprint density at radius 1 is 1.37 bits per heavy atom. The summed E-state index contributed by atoms with van der Waals surface area (Å²) >= 11 is 3.29. The van der Waals surface area contributed by atoms with Gasteiger partial charge in [0.15, 0.2) is 0 Å². The van der Waals surface area contributed by atoms with Crippen molar-refractivity contribution in [1.29, 1.82) is 0 Å². The number of rotatable bonds is 3. The molecule has 1 aliphatic carbocycles. The number of hydrogen-bond acceptors (Lipinski definition) is 2. The van der Waals surface area contributed by atoms with E-state index in [1.807, 2.05) is 24.1 Å². The second-order valence-electron chi connectivity index (χ2n) is 5.37. The van der Waals surface area contributed by atoms with Crippen LogP contribution in [0.25, 0.3) is 0 Å². The Kier molecular flexibility index (Phi) is 4.97. The van der Waals surface area contributed by atoms with Gasteiger partial charge in [-0.25, -0.2) is 4.98 Å². The molecule has 3 nitrogen and oxygen atoms in total. The molecule has 1 heterocycles. The Balaban J connectivity index is 1.98. The van der Waals surface area contributed by atoms with Crippen LogP contribution in [0.15, 0.2) is 22.9 Å². The fraction of sp³-hybridized carbons (Fsp3) is 0.600. The van der Waals surface area contributed by atoms with Crippen LogP contribution in [0, 0.1) is 5.92 Å². The third-order valence-electron chi connectivity index (χ3n) is 4.24. The Hall–Kier alpha value is -0.900. The highest BCUT2D eigenvalue weighted by Gasteiger charge is 2.26. The van der Waals surface area contributed by atoms with Gasteiger partial charge in [-0.15, -0.1) is 0 Å². The first-order valence-electron chi connectivity index (χ1n) is 7.00. The molecule has 0 saturated heterocycles. The maximum atomic E-state index is 12.4. The van der Waals surface area contributed by atoms with E-state index in [4.69, 9.17) is 0 Å². The van der Waals surface area contributed by atoms with Crippen molar-refractivity contribution in [3.05, 3.63) is 28.5 Å². The van der Waals surface area contributed by atoms with Crippen LogP contribution in [0.1, 0.15) is 49.4 Å². The van der Waals surface area contributed by atoms with Crippen molar-refractivity contribution in [3.8, 4) is 0 Å². The minimum Gasteiger partial charge on any atom is -0.339 e. The lowest BCUT2D eigenvalue weighted by Gasteiger charge is -2.34. The number of hydrogen-bond donors (Lipinski definition) is 0. The zero-order valence-electron chi connectivity index (χ0n) is 11.6. The highest BCUT2D eigenvalue weighted by Crippen LogP contribution is 2.29. The lowest BCUT2D eigenvalue weighted by Crippen LogP contribution is -2.39. The van der Waals surface area contributed by atoms with Gasteiger partial charge in [0.05, 0.1) is 5.56 Å². The second-order valence-corrected chi connectivity index (χ2v) is 6.18. The molecule has 1 amide bonds. The molecule has 1 saturated carbocycles. The van der Waals surface area contributed by atoms with Crippen molar-refractivity contribution in [2.75, 3.05) is 7.05 Å². The van der Waals surface area contributed by atoms with Gasteiger partial charge >= 0.3 is 0 Å². The van der Waals surface area contributed by atoms with Crippen LogP contribution >= 0.6 is 15.9 Å². The monoisotopic (exact) mass is 324 g/mol. The van der Waals surface area contributed by atoms with Gasteiger partial charge < -0.3 is 4.90 Å². The molecule has 0 spiro atoms. The fourth-order valence-electron chi connectivity index (χ4n) is 2.81. The molecule has 4 heteroatoms. The first kappa shape index (κ1) is 14.5. The zero-order valence-corrected chi connectivity index (χ0v) is 13.2. The van der Waals surface area contributed by atoms with Gasteiger partial charge in [0.1, 0.15) is 4.60 Å². The topological polar surface area (TPSA) is 33.2 Å². The fourth-order valence-corrected chi connectivity index (χ4v) is 3.05. The average Bonchev–Trinajstić information content (AvgIpc) is 2.46. The summed E-state index contributed by atoms with van der Waals surface area (Å²) in [6.45, 7) is 2.26. The molecule has 0 atom stereocenters. The third-order valence-corrected chi connectivity index (χ3v) is 4.71. The van der Waals surface area contributed by atoms with E-state index >= 15 is 0 Å². The molecule has 0 N–H and O–H groups in total.